The average molecular weight is 301 g/mol. The van der Waals surface area contributed by atoms with Crippen molar-refractivity contribution in [2.45, 2.75) is 32.2 Å². The number of hydrogen-bond donors (Lipinski definition) is 2. The number of aromatic nitrogens is 1. The van der Waals surface area contributed by atoms with Gasteiger partial charge in [-0.05, 0) is 49.7 Å². The maximum atomic E-state index is 12.3. The Morgan fingerprint density at radius 2 is 2.18 bits per heavy atom. The summed E-state index contributed by atoms with van der Waals surface area (Å²) in [5.41, 5.74) is 0.370. The molecule has 0 bridgehead atoms. The maximum absolute atomic E-state index is 12.3. The molecule has 116 valence electrons. The molecule has 1 aromatic rings. The number of aryl methyl sites for hydroxylation is 1. The van der Waals surface area contributed by atoms with E-state index in [4.69, 9.17) is 10.00 Å². The topological polar surface area (TPSA) is 95.0 Å². The smallest absolute Gasteiger partial charge is 0.268 e. The van der Waals surface area contributed by atoms with Crippen LogP contribution in [0.25, 0.3) is 0 Å². The van der Waals surface area contributed by atoms with Crippen molar-refractivity contribution in [2.75, 3.05) is 13.2 Å². The van der Waals surface area contributed by atoms with E-state index in [9.17, 15) is 9.59 Å². The van der Waals surface area contributed by atoms with Crippen LogP contribution in [0.5, 0.6) is 0 Å². The highest BCUT2D eigenvalue weighted by Gasteiger charge is 2.44. The molecule has 6 heteroatoms. The average Bonchev–Trinajstić information content (AvgIpc) is 3.29. The van der Waals surface area contributed by atoms with Crippen LogP contribution in [0.1, 0.15) is 40.9 Å². The van der Waals surface area contributed by atoms with Crippen molar-refractivity contribution in [1.29, 1.82) is 5.26 Å². The van der Waals surface area contributed by atoms with E-state index in [1.54, 1.807) is 6.92 Å². The number of nitriles is 1. The molecule has 3 rings (SSSR count). The monoisotopic (exact) mass is 301 g/mol. The number of pyridine rings is 1. The molecule has 1 saturated heterocycles. The third-order valence-corrected chi connectivity index (χ3v) is 4.61. The van der Waals surface area contributed by atoms with Crippen molar-refractivity contribution in [3.05, 3.63) is 33.2 Å². The molecule has 1 aliphatic heterocycles. The molecule has 2 N–H and O–H groups in total. The standard InChI is InChI=1S/C16H19N3O3/c1-9-6-11(8-17)15(20)19-14(9)16(21)18-13-7-12(13)10-2-4-22-5-3-10/h6,10,12-13H,2-5,7H2,1H3,(H,18,21)(H,19,20)/t12-,13+/m0/s1. The molecular formula is C16H19N3O3. The summed E-state index contributed by atoms with van der Waals surface area (Å²) in [5, 5.41) is 11.8. The lowest BCUT2D eigenvalue weighted by Gasteiger charge is -2.22. The van der Waals surface area contributed by atoms with Crippen LogP contribution in [-0.2, 0) is 4.74 Å². The van der Waals surface area contributed by atoms with Gasteiger partial charge < -0.3 is 15.0 Å². The zero-order valence-corrected chi connectivity index (χ0v) is 12.5. The molecule has 22 heavy (non-hydrogen) atoms. The Bertz CT molecular complexity index is 683. The summed E-state index contributed by atoms with van der Waals surface area (Å²) in [6.07, 6.45) is 3.11. The molecule has 2 aliphatic rings. The van der Waals surface area contributed by atoms with Crippen LogP contribution < -0.4 is 10.9 Å². The number of nitrogens with one attached hydrogen (secondary N) is 2. The molecule has 2 heterocycles. The number of ether oxygens (including phenoxy) is 1. The SMILES string of the molecule is Cc1cc(C#N)c(=O)[nH]c1C(=O)N[C@@H]1C[C@H]1C1CCOCC1. The summed E-state index contributed by atoms with van der Waals surface area (Å²) in [7, 11) is 0. The summed E-state index contributed by atoms with van der Waals surface area (Å²) in [4.78, 5) is 26.5. The van der Waals surface area contributed by atoms with Crippen LogP contribution in [0.4, 0.5) is 0 Å². The summed E-state index contributed by atoms with van der Waals surface area (Å²) < 4.78 is 5.36. The highest BCUT2D eigenvalue weighted by atomic mass is 16.5. The van der Waals surface area contributed by atoms with Gasteiger partial charge in [-0.25, -0.2) is 0 Å². The Hall–Kier alpha value is -2.13. The van der Waals surface area contributed by atoms with E-state index in [-0.39, 0.29) is 23.2 Å². The molecule has 1 aliphatic carbocycles. The molecule has 2 fully saturated rings. The van der Waals surface area contributed by atoms with Crippen LogP contribution in [0.3, 0.4) is 0 Å². The second-order valence-electron chi connectivity index (χ2n) is 6.11. The Morgan fingerprint density at radius 3 is 2.86 bits per heavy atom. The lowest BCUT2D eigenvalue weighted by Crippen LogP contribution is -2.32. The number of aromatic amines is 1. The van der Waals surface area contributed by atoms with Crippen molar-refractivity contribution in [3.8, 4) is 6.07 Å². The van der Waals surface area contributed by atoms with Gasteiger partial charge in [-0.1, -0.05) is 0 Å². The van der Waals surface area contributed by atoms with Crippen molar-refractivity contribution >= 4 is 5.91 Å². The highest BCUT2D eigenvalue weighted by molar-refractivity contribution is 5.94. The summed E-state index contributed by atoms with van der Waals surface area (Å²) >= 11 is 0. The Labute approximate surface area is 128 Å². The van der Waals surface area contributed by atoms with E-state index in [0.29, 0.717) is 17.4 Å². The first-order valence-electron chi connectivity index (χ1n) is 7.62. The minimum absolute atomic E-state index is 0.0283. The predicted octanol–water partition coefficient (Wildman–Crippen LogP) is 1.10. The number of H-pyrrole nitrogens is 1. The Balaban J connectivity index is 1.65. The summed E-state index contributed by atoms with van der Waals surface area (Å²) in [6.45, 7) is 3.34. The normalized spacial score (nSPS) is 24.5. The molecule has 0 aromatic carbocycles. The van der Waals surface area contributed by atoms with Crippen LogP contribution >= 0.6 is 0 Å². The fourth-order valence-electron chi connectivity index (χ4n) is 3.24. The van der Waals surface area contributed by atoms with E-state index in [0.717, 1.165) is 32.5 Å². The molecule has 1 saturated carbocycles. The second-order valence-corrected chi connectivity index (χ2v) is 6.11. The predicted molar refractivity (Wildman–Crippen MR) is 79.4 cm³/mol. The molecule has 1 aromatic heterocycles. The van der Waals surface area contributed by atoms with Gasteiger partial charge in [-0.15, -0.1) is 0 Å². The first-order valence-corrected chi connectivity index (χ1v) is 7.62. The van der Waals surface area contributed by atoms with Crippen LogP contribution in [0.15, 0.2) is 10.9 Å². The minimum Gasteiger partial charge on any atom is -0.381 e. The minimum atomic E-state index is -0.518. The number of hydrogen-bond acceptors (Lipinski definition) is 4. The summed E-state index contributed by atoms with van der Waals surface area (Å²) in [6, 6.07) is 3.46. The van der Waals surface area contributed by atoms with Gasteiger partial charge >= 0.3 is 0 Å². The van der Waals surface area contributed by atoms with Gasteiger partial charge in [0.1, 0.15) is 17.3 Å². The van der Waals surface area contributed by atoms with E-state index in [2.05, 4.69) is 10.3 Å². The van der Waals surface area contributed by atoms with E-state index in [1.165, 1.54) is 6.07 Å². The van der Waals surface area contributed by atoms with Gasteiger partial charge in [0.15, 0.2) is 0 Å². The largest absolute Gasteiger partial charge is 0.381 e. The molecule has 0 unspecified atom stereocenters. The van der Waals surface area contributed by atoms with Crippen LogP contribution in [0, 0.1) is 30.1 Å². The van der Waals surface area contributed by atoms with E-state index < -0.39 is 5.56 Å². The summed E-state index contributed by atoms with van der Waals surface area (Å²) in [5.74, 6) is 0.886. The fraction of sp³-hybridized carbons (Fsp3) is 0.562. The van der Waals surface area contributed by atoms with Crippen molar-refractivity contribution < 1.29 is 9.53 Å². The molecule has 0 spiro atoms. The molecule has 6 nitrogen and oxygen atoms in total. The van der Waals surface area contributed by atoms with Gasteiger partial charge in [0.25, 0.3) is 11.5 Å². The lowest BCUT2D eigenvalue weighted by atomic mass is 9.94. The van der Waals surface area contributed by atoms with Crippen molar-refractivity contribution in [3.63, 3.8) is 0 Å². The van der Waals surface area contributed by atoms with Gasteiger partial charge in [-0.3, -0.25) is 9.59 Å². The lowest BCUT2D eigenvalue weighted by molar-refractivity contribution is 0.0586. The third-order valence-electron chi connectivity index (χ3n) is 4.61. The highest BCUT2D eigenvalue weighted by Crippen LogP contribution is 2.42. The van der Waals surface area contributed by atoms with Gasteiger partial charge in [-0.2, -0.15) is 5.26 Å². The van der Waals surface area contributed by atoms with Crippen molar-refractivity contribution in [2.24, 2.45) is 11.8 Å². The van der Waals surface area contributed by atoms with Crippen LogP contribution in [-0.4, -0.2) is 30.1 Å². The number of amides is 1. The van der Waals surface area contributed by atoms with Crippen molar-refractivity contribution in [1.82, 2.24) is 10.3 Å². The molecular weight excluding hydrogens is 282 g/mol. The third kappa shape index (κ3) is 2.90. The van der Waals surface area contributed by atoms with Gasteiger partial charge in [0, 0.05) is 19.3 Å². The number of rotatable bonds is 3. The van der Waals surface area contributed by atoms with E-state index in [1.807, 2.05) is 6.07 Å². The maximum Gasteiger partial charge on any atom is 0.268 e. The Morgan fingerprint density at radius 1 is 1.45 bits per heavy atom. The number of carbonyl (C=O) groups excluding carboxylic acids is 1. The molecule has 0 radical (unpaired) electrons. The number of carbonyl (C=O) groups is 1. The first-order chi connectivity index (χ1) is 10.6. The van der Waals surface area contributed by atoms with E-state index >= 15 is 0 Å². The zero-order chi connectivity index (χ0) is 15.7. The van der Waals surface area contributed by atoms with Gasteiger partial charge in [0.05, 0.1) is 0 Å². The number of nitrogens with zero attached hydrogens (tertiary/aromatic N) is 1. The Kier molecular flexibility index (Phi) is 3.99. The first kappa shape index (κ1) is 14.8. The quantitative estimate of drug-likeness (QED) is 0.874. The molecule has 1 amide bonds. The van der Waals surface area contributed by atoms with Gasteiger partial charge in [0.2, 0.25) is 0 Å². The zero-order valence-electron chi connectivity index (χ0n) is 12.5. The second kappa shape index (κ2) is 5.93. The van der Waals surface area contributed by atoms with Crippen LogP contribution in [0.2, 0.25) is 0 Å². The fourth-order valence-corrected chi connectivity index (χ4v) is 3.24. The molecule has 2 atom stereocenters.